The van der Waals surface area contributed by atoms with Crippen LogP contribution in [0.1, 0.15) is 28.9 Å². The van der Waals surface area contributed by atoms with Crippen molar-refractivity contribution in [3.63, 3.8) is 0 Å². The third-order valence-corrected chi connectivity index (χ3v) is 4.71. The smallest absolute Gasteiger partial charge is 0.337 e. The van der Waals surface area contributed by atoms with Gasteiger partial charge in [0.15, 0.2) is 0 Å². The minimum atomic E-state index is -4.16. The molecule has 0 aliphatic heterocycles. The first-order valence-electron chi connectivity index (χ1n) is 6.65. The number of aromatic nitrogens is 1. The Morgan fingerprint density at radius 1 is 1.35 bits per heavy atom. The summed E-state index contributed by atoms with van der Waals surface area (Å²) in [4.78, 5) is 14.8. The van der Waals surface area contributed by atoms with Crippen LogP contribution in [0, 0.1) is 5.82 Å². The van der Waals surface area contributed by atoms with Crippen molar-refractivity contribution < 1.29 is 22.3 Å². The first-order valence-corrected chi connectivity index (χ1v) is 8.13. The highest BCUT2D eigenvalue weighted by Crippen LogP contribution is 2.20. The molecule has 23 heavy (non-hydrogen) atoms. The maximum Gasteiger partial charge on any atom is 0.337 e. The lowest BCUT2D eigenvalue weighted by Crippen LogP contribution is -2.28. The van der Waals surface area contributed by atoms with Gasteiger partial charge in [0.25, 0.3) is 0 Å². The molecule has 8 heteroatoms. The Labute approximate surface area is 133 Å². The molecule has 0 amide bonds. The second-order valence-corrected chi connectivity index (χ2v) is 6.45. The van der Waals surface area contributed by atoms with E-state index in [-0.39, 0.29) is 5.56 Å². The number of nitrogens with zero attached hydrogens (tertiary/aromatic N) is 1. The van der Waals surface area contributed by atoms with Gasteiger partial charge in [-0.05, 0) is 36.8 Å². The maximum atomic E-state index is 13.9. The summed E-state index contributed by atoms with van der Waals surface area (Å²) in [5.41, 5.74) is 0.573. The number of carbonyl (C=O) groups is 1. The Balaban J connectivity index is 2.34. The van der Waals surface area contributed by atoms with Crippen LogP contribution in [0.25, 0.3) is 0 Å². The molecule has 0 saturated carbocycles. The van der Waals surface area contributed by atoms with Gasteiger partial charge >= 0.3 is 5.97 Å². The van der Waals surface area contributed by atoms with E-state index in [0.717, 1.165) is 25.3 Å². The van der Waals surface area contributed by atoms with Gasteiger partial charge in [0.2, 0.25) is 10.0 Å². The maximum absolute atomic E-state index is 13.9. The highest BCUT2D eigenvalue weighted by molar-refractivity contribution is 7.89. The first-order chi connectivity index (χ1) is 10.8. The summed E-state index contributed by atoms with van der Waals surface area (Å²) in [7, 11) is -3.01. The van der Waals surface area contributed by atoms with E-state index in [0.29, 0.717) is 5.56 Å². The molecule has 2 rings (SSSR count). The van der Waals surface area contributed by atoms with E-state index in [1.165, 1.54) is 6.20 Å². The van der Waals surface area contributed by atoms with Crippen molar-refractivity contribution in [2.24, 2.45) is 0 Å². The molecule has 0 bridgehead atoms. The molecule has 122 valence electrons. The van der Waals surface area contributed by atoms with Crippen LogP contribution in [0.15, 0.2) is 47.6 Å². The number of benzene rings is 1. The van der Waals surface area contributed by atoms with Gasteiger partial charge in [-0.1, -0.05) is 6.07 Å². The number of sulfonamides is 1. The average Bonchev–Trinajstić information content (AvgIpc) is 2.54. The highest BCUT2D eigenvalue weighted by Gasteiger charge is 2.24. The Morgan fingerprint density at radius 3 is 2.70 bits per heavy atom. The standard InChI is InChI=1S/C15H15FN2O4S/c1-10(12-4-3-7-17-9-12)18-23(20,21)14-8-11(15(19)22-2)5-6-13(14)16/h3-10,18H,1-2H3/t10-/m0/s1. The Bertz CT molecular complexity index is 809. The topological polar surface area (TPSA) is 85.4 Å². The zero-order valence-electron chi connectivity index (χ0n) is 12.5. The largest absolute Gasteiger partial charge is 0.465 e. The number of hydrogen-bond acceptors (Lipinski definition) is 5. The quantitative estimate of drug-likeness (QED) is 0.843. The number of ether oxygens (including phenoxy) is 1. The molecule has 0 unspecified atom stereocenters. The lowest BCUT2D eigenvalue weighted by Gasteiger charge is -2.15. The monoisotopic (exact) mass is 338 g/mol. The van der Waals surface area contributed by atoms with Crippen LogP contribution in [0.3, 0.4) is 0 Å². The number of halogens is 1. The van der Waals surface area contributed by atoms with Crippen molar-refractivity contribution in [1.29, 1.82) is 0 Å². The predicted octanol–water partition coefficient (Wildman–Crippen LogP) is 2.05. The van der Waals surface area contributed by atoms with Crippen molar-refractivity contribution in [3.8, 4) is 0 Å². The molecular formula is C15H15FN2O4S. The zero-order valence-corrected chi connectivity index (χ0v) is 13.3. The van der Waals surface area contributed by atoms with Gasteiger partial charge in [-0.2, -0.15) is 0 Å². The van der Waals surface area contributed by atoms with E-state index in [1.807, 2.05) is 0 Å². The zero-order chi connectivity index (χ0) is 17.0. The number of esters is 1. The second kappa shape index (κ2) is 6.84. The lowest BCUT2D eigenvalue weighted by molar-refractivity contribution is 0.0600. The third kappa shape index (κ3) is 3.91. The lowest BCUT2D eigenvalue weighted by atomic mass is 10.2. The molecule has 0 aliphatic carbocycles. The van der Waals surface area contributed by atoms with Gasteiger partial charge in [-0.15, -0.1) is 0 Å². The van der Waals surface area contributed by atoms with E-state index in [4.69, 9.17) is 0 Å². The van der Waals surface area contributed by atoms with Crippen molar-refractivity contribution in [1.82, 2.24) is 9.71 Å². The molecular weight excluding hydrogens is 323 g/mol. The summed E-state index contributed by atoms with van der Waals surface area (Å²) in [5, 5.41) is 0. The predicted molar refractivity (Wildman–Crippen MR) is 80.7 cm³/mol. The van der Waals surface area contributed by atoms with Gasteiger partial charge in [0.05, 0.1) is 12.7 Å². The van der Waals surface area contributed by atoms with Crippen LogP contribution < -0.4 is 4.72 Å². The van der Waals surface area contributed by atoms with Crippen LogP contribution in [-0.4, -0.2) is 26.5 Å². The van der Waals surface area contributed by atoms with E-state index in [9.17, 15) is 17.6 Å². The molecule has 0 spiro atoms. The molecule has 0 saturated heterocycles. The summed E-state index contributed by atoms with van der Waals surface area (Å²) in [6, 6.07) is 5.76. The van der Waals surface area contributed by atoms with E-state index >= 15 is 0 Å². The number of nitrogens with one attached hydrogen (secondary N) is 1. The molecule has 6 nitrogen and oxygen atoms in total. The molecule has 1 aromatic heterocycles. The molecule has 2 aromatic rings. The number of carbonyl (C=O) groups excluding carboxylic acids is 1. The Morgan fingerprint density at radius 2 is 2.09 bits per heavy atom. The fraction of sp³-hybridized carbons (Fsp3) is 0.200. The van der Waals surface area contributed by atoms with Crippen LogP contribution in [0.5, 0.6) is 0 Å². The molecule has 1 N–H and O–H groups in total. The van der Waals surface area contributed by atoms with Crippen molar-refractivity contribution in [3.05, 3.63) is 59.7 Å². The number of rotatable bonds is 5. The third-order valence-electron chi connectivity index (χ3n) is 3.16. The molecule has 0 aliphatic rings. The van der Waals surface area contributed by atoms with E-state index < -0.39 is 32.7 Å². The van der Waals surface area contributed by atoms with Gasteiger partial charge in [0, 0.05) is 18.4 Å². The van der Waals surface area contributed by atoms with Crippen LogP contribution in [0.2, 0.25) is 0 Å². The van der Waals surface area contributed by atoms with Crippen LogP contribution in [0.4, 0.5) is 4.39 Å². The summed E-state index contributed by atoms with van der Waals surface area (Å²) in [5.74, 6) is -1.70. The minimum Gasteiger partial charge on any atom is -0.465 e. The summed E-state index contributed by atoms with van der Waals surface area (Å²) in [6.45, 7) is 1.61. The summed E-state index contributed by atoms with van der Waals surface area (Å²) >= 11 is 0. The number of methoxy groups -OCH3 is 1. The molecule has 0 radical (unpaired) electrons. The van der Waals surface area contributed by atoms with Gasteiger partial charge in [-0.3, -0.25) is 4.98 Å². The summed E-state index contributed by atoms with van der Waals surface area (Å²) < 4.78 is 45.5. The Hall–Kier alpha value is -2.32. The van der Waals surface area contributed by atoms with Gasteiger partial charge in [-0.25, -0.2) is 22.3 Å². The molecule has 1 heterocycles. The fourth-order valence-corrected chi connectivity index (χ4v) is 3.29. The average molecular weight is 338 g/mol. The minimum absolute atomic E-state index is 0.0525. The highest BCUT2D eigenvalue weighted by atomic mass is 32.2. The van der Waals surface area contributed by atoms with Gasteiger partial charge in [0.1, 0.15) is 10.7 Å². The molecule has 1 atom stereocenters. The molecule has 0 fully saturated rings. The summed E-state index contributed by atoms with van der Waals surface area (Å²) in [6.07, 6.45) is 3.07. The van der Waals surface area contributed by atoms with Crippen LogP contribution in [-0.2, 0) is 14.8 Å². The fourth-order valence-electron chi connectivity index (χ4n) is 1.95. The van der Waals surface area contributed by atoms with E-state index in [1.54, 1.807) is 25.3 Å². The first kappa shape index (κ1) is 17.0. The molecule has 1 aromatic carbocycles. The van der Waals surface area contributed by atoms with Crippen LogP contribution >= 0.6 is 0 Å². The number of pyridine rings is 1. The van der Waals surface area contributed by atoms with E-state index in [2.05, 4.69) is 14.4 Å². The van der Waals surface area contributed by atoms with Crippen molar-refractivity contribution >= 4 is 16.0 Å². The van der Waals surface area contributed by atoms with Crippen molar-refractivity contribution in [2.75, 3.05) is 7.11 Å². The van der Waals surface area contributed by atoms with Crippen molar-refractivity contribution in [2.45, 2.75) is 17.9 Å². The number of hydrogen-bond donors (Lipinski definition) is 1. The van der Waals surface area contributed by atoms with Gasteiger partial charge < -0.3 is 4.74 Å². The SMILES string of the molecule is COC(=O)c1ccc(F)c(S(=O)(=O)N[C@@H](C)c2cccnc2)c1. The normalized spacial score (nSPS) is 12.7. The second-order valence-electron chi connectivity index (χ2n) is 4.77. The Kier molecular flexibility index (Phi) is 5.07.